The van der Waals surface area contributed by atoms with E-state index in [1.807, 2.05) is 6.92 Å². The van der Waals surface area contributed by atoms with Gasteiger partial charge in [0.25, 0.3) is 11.8 Å². The van der Waals surface area contributed by atoms with E-state index in [0.717, 1.165) is 0 Å². The summed E-state index contributed by atoms with van der Waals surface area (Å²) in [5, 5.41) is 7.94. The van der Waals surface area contributed by atoms with Crippen molar-refractivity contribution in [3.05, 3.63) is 48.0 Å². The maximum Gasteiger partial charge on any atom is 0.265 e. The molecular weight excluding hydrogens is 362 g/mol. The Balaban J connectivity index is 1.53. The summed E-state index contributed by atoms with van der Waals surface area (Å²) >= 11 is 0. The fourth-order valence-corrected chi connectivity index (χ4v) is 2.62. The number of anilines is 2. The predicted octanol–water partition coefficient (Wildman–Crippen LogP) is 2.17. The number of benzene rings is 2. The lowest BCUT2D eigenvalue weighted by Gasteiger charge is -2.23. The molecule has 8 heteroatoms. The summed E-state index contributed by atoms with van der Waals surface area (Å²) in [6.45, 7) is 3.89. The van der Waals surface area contributed by atoms with Crippen LogP contribution in [-0.4, -0.2) is 37.0 Å². The minimum Gasteiger partial charge on any atom is -0.494 e. The molecule has 0 bridgehead atoms. The van der Waals surface area contributed by atoms with Crippen molar-refractivity contribution in [3.63, 3.8) is 0 Å². The Hall–Kier alpha value is -3.55. The van der Waals surface area contributed by atoms with E-state index in [1.165, 1.54) is 0 Å². The largest absolute Gasteiger partial charge is 0.494 e. The highest BCUT2D eigenvalue weighted by Crippen LogP contribution is 2.32. The quantitative estimate of drug-likeness (QED) is 0.709. The van der Waals surface area contributed by atoms with Crippen molar-refractivity contribution in [3.8, 4) is 11.5 Å². The minimum absolute atomic E-state index is 0.191. The molecule has 0 spiro atoms. The molecule has 3 amide bonds. The molecule has 2 aromatic carbocycles. The van der Waals surface area contributed by atoms with Gasteiger partial charge in [-0.15, -0.1) is 0 Å². The molecular formula is C20H21N3O5. The molecule has 0 fully saturated rings. The lowest BCUT2D eigenvalue weighted by molar-refractivity contribution is -0.122. The van der Waals surface area contributed by atoms with Crippen molar-refractivity contribution in [2.24, 2.45) is 0 Å². The second-order valence-corrected chi connectivity index (χ2v) is 6.15. The number of rotatable bonds is 6. The van der Waals surface area contributed by atoms with E-state index in [1.54, 1.807) is 49.4 Å². The van der Waals surface area contributed by atoms with Crippen molar-refractivity contribution in [1.29, 1.82) is 0 Å². The van der Waals surface area contributed by atoms with E-state index >= 15 is 0 Å². The number of hydrogen-bond acceptors (Lipinski definition) is 5. The SMILES string of the molecule is CCOc1ccc(C(=O)NCC(=O)Nc2ccc3c(c2)NC(=O)[C@@H](C)O3)cc1. The Morgan fingerprint density at radius 2 is 1.93 bits per heavy atom. The van der Waals surface area contributed by atoms with Crippen LogP contribution < -0.4 is 25.4 Å². The van der Waals surface area contributed by atoms with Crippen molar-refractivity contribution >= 4 is 29.1 Å². The fourth-order valence-electron chi connectivity index (χ4n) is 2.62. The van der Waals surface area contributed by atoms with Gasteiger partial charge in [0.1, 0.15) is 11.5 Å². The van der Waals surface area contributed by atoms with Gasteiger partial charge >= 0.3 is 0 Å². The smallest absolute Gasteiger partial charge is 0.265 e. The third-order valence-electron chi connectivity index (χ3n) is 4.03. The van der Waals surface area contributed by atoms with E-state index < -0.39 is 12.0 Å². The second-order valence-electron chi connectivity index (χ2n) is 6.15. The molecule has 3 rings (SSSR count). The molecule has 28 heavy (non-hydrogen) atoms. The van der Waals surface area contributed by atoms with Gasteiger partial charge in [-0.05, 0) is 56.3 Å². The number of fused-ring (bicyclic) bond motifs is 1. The molecule has 0 unspecified atom stereocenters. The molecule has 146 valence electrons. The summed E-state index contributed by atoms with van der Waals surface area (Å²) in [6.07, 6.45) is -0.564. The van der Waals surface area contributed by atoms with Gasteiger partial charge < -0.3 is 25.4 Å². The minimum atomic E-state index is -0.564. The Kier molecular flexibility index (Phi) is 5.78. The van der Waals surface area contributed by atoms with Crippen molar-refractivity contribution in [2.75, 3.05) is 23.8 Å². The molecule has 1 aliphatic rings. The number of hydrogen-bond donors (Lipinski definition) is 3. The molecule has 1 aliphatic heterocycles. The van der Waals surface area contributed by atoms with E-state index in [2.05, 4.69) is 16.0 Å². The molecule has 8 nitrogen and oxygen atoms in total. The van der Waals surface area contributed by atoms with E-state index in [4.69, 9.17) is 9.47 Å². The van der Waals surface area contributed by atoms with Gasteiger partial charge in [-0.2, -0.15) is 0 Å². The van der Waals surface area contributed by atoms with Crippen LogP contribution in [0.1, 0.15) is 24.2 Å². The van der Waals surface area contributed by atoms with Crippen LogP contribution in [0.4, 0.5) is 11.4 Å². The molecule has 0 saturated carbocycles. The van der Waals surface area contributed by atoms with Crippen LogP contribution in [-0.2, 0) is 9.59 Å². The maximum absolute atomic E-state index is 12.1. The van der Waals surface area contributed by atoms with Crippen LogP contribution in [0.3, 0.4) is 0 Å². The third-order valence-corrected chi connectivity index (χ3v) is 4.03. The first-order valence-electron chi connectivity index (χ1n) is 8.88. The number of amides is 3. The van der Waals surface area contributed by atoms with Crippen LogP contribution in [0.5, 0.6) is 11.5 Å². The van der Waals surface area contributed by atoms with Crippen LogP contribution >= 0.6 is 0 Å². The van der Waals surface area contributed by atoms with E-state index in [0.29, 0.717) is 35.0 Å². The average molecular weight is 383 g/mol. The summed E-state index contributed by atoms with van der Waals surface area (Å²) in [5.41, 5.74) is 1.40. The second kappa shape index (κ2) is 8.43. The molecule has 1 heterocycles. The topological polar surface area (TPSA) is 106 Å². The zero-order chi connectivity index (χ0) is 20.1. The Labute approximate surface area is 162 Å². The zero-order valence-corrected chi connectivity index (χ0v) is 15.6. The van der Waals surface area contributed by atoms with Crippen LogP contribution in [0.25, 0.3) is 0 Å². The third kappa shape index (κ3) is 4.59. The van der Waals surface area contributed by atoms with Crippen molar-refractivity contribution < 1.29 is 23.9 Å². The highest BCUT2D eigenvalue weighted by Gasteiger charge is 2.23. The number of carbonyl (C=O) groups is 3. The molecule has 0 aliphatic carbocycles. The number of ether oxygens (including phenoxy) is 2. The molecule has 0 radical (unpaired) electrons. The van der Waals surface area contributed by atoms with Gasteiger partial charge in [-0.25, -0.2) is 0 Å². The standard InChI is InChI=1S/C20H21N3O5/c1-3-27-15-7-4-13(5-8-15)20(26)21-11-18(24)22-14-6-9-17-16(10-14)23-19(25)12(2)28-17/h4-10,12H,3,11H2,1-2H3,(H,21,26)(H,22,24)(H,23,25)/t12-/m1/s1. The lowest BCUT2D eigenvalue weighted by Crippen LogP contribution is -2.34. The summed E-state index contributed by atoms with van der Waals surface area (Å²) in [4.78, 5) is 35.9. The van der Waals surface area contributed by atoms with Crippen molar-refractivity contribution in [1.82, 2.24) is 5.32 Å². The monoisotopic (exact) mass is 383 g/mol. The van der Waals surface area contributed by atoms with Gasteiger partial charge in [0, 0.05) is 11.3 Å². The molecule has 3 N–H and O–H groups in total. The average Bonchev–Trinajstić information content (AvgIpc) is 2.68. The van der Waals surface area contributed by atoms with Crippen LogP contribution in [0.15, 0.2) is 42.5 Å². The van der Waals surface area contributed by atoms with Gasteiger partial charge in [-0.1, -0.05) is 0 Å². The highest BCUT2D eigenvalue weighted by molar-refractivity contribution is 6.01. The summed E-state index contributed by atoms with van der Waals surface area (Å²) in [5.74, 6) is 0.205. The first-order valence-corrected chi connectivity index (χ1v) is 8.88. The van der Waals surface area contributed by atoms with E-state index in [-0.39, 0.29) is 18.4 Å². The maximum atomic E-state index is 12.1. The van der Waals surface area contributed by atoms with Gasteiger partial charge in [-0.3, -0.25) is 14.4 Å². The molecule has 2 aromatic rings. The van der Waals surface area contributed by atoms with E-state index in [9.17, 15) is 14.4 Å². The first kappa shape index (κ1) is 19.2. The molecule has 0 saturated heterocycles. The van der Waals surface area contributed by atoms with Crippen LogP contribution in [0, 0.1) is 0 Å². The highest BCUT2D eigenvalue weighted by atomic mass is 16.5. The zero-order valence-electron chi connectivity index (χ0n) is 15.6. The summed E-state index contributed by atoms with van der Waals surface area (Å²) < 4.78 is 10.8. The normalized spacial score (nSPS) is 14.9. The Morgan fingerprint density at radius 3 is 2.64 bits per heavy atom. The van der Waals surface area contributed by atoms with Gasteiger partial charge in [0.15, 0.2) is 6.10 Å². The fraction of sp³-hybridized carbons (Fsp3) is 0.250. The number of carbonyl (C=O) groups excluding carboxylic acids is 3. The Morgan fingerprint density at radius 1 is 1.18 bits per heavy atom. The molecule has 0 aromatic heterocycles. The number of nitrogens with one attached hydrogen (secondary N) is 3. The lowest BCUT2D eigenvalue weighted by atomic mass is 10.2. The van der Waals surface area contributed by atoms with Gasteiger partial charge in [0.05, 0.1) is 18.8 Å². The summed E-state index contributed by atoms with van der Waals surface area (Å²) in [7, 11) is 0. The first-order chi connectivity index (χ1) is 13.5. The summed E-state index contributed by atoms with van der Waals surface area (Å²) in [6, 6.07) is 11.6. The molecule has 1 atom stereocenters. The predicted molar refractivity (Wildman–Crippen MR) is 104 cm³/mol. The van der Waals surface area contributed by atoms with Crippen molar-refractivity contribution in [2.45, 2.75) is 20.0 Å². The Bertz CT molecular complexity index is 895. The van der Waals surface area contributed by atoms with Gasteiger partial charge in [0.2, 0.25) is 5.91 Å². The van der Waals surface area contributed by atoms with Crippen LogP contribution in [0.2, 0.25) is 0 Å².